The Morgan fingerprint density at radius 3 is 1.98 bits per heavy atom. The lowest BCUT2D eigenvalue weighted by molar-refractivity contribution is -0.137. The zero-order valence-electron chi connectivity index (χ0n) is 30.6. The number of hydrogen-bond donors (Lipinski definition) is 7. The quantitative estimate of drug-likeness (QED) is 0.0838. The molecule has 1 aromatic rings. The summed E-state index contributed by atoms with van der Waals surface area (Å²) in [6.07, 6.45) is -1.04. The molecule has 0 aliphatic carbocycles. The van der Waals surface area contributed by atoms with Gasteiger partial charge in [0.25, 0.3) is 0 Å². The van der Waals surface area contributed by atoms with Crippen molar-refractivity contribution in [2.75, 3.05) is 13.2 Å². The lowest BCUT2D eigenvalue weighted by Crippen LogP contribution is -2.59. The van der Waals surface area contributed by atoms with Gasteiger partial charge in [0.15, 0.2) is 0 Å². The molecule has 0 spiro atoms. The van der Waals surface area contributed by atoms with E-state index in [-0.39, 0.29) is 62.6 Å². The molecule has 0 bridgehead atoms. The fourth-order valence-corrected chi connectivity index (χ4v) is 5.15. The van der Waals surface area contributed by atoms with Gasteiger partial charge in [-0.2, -0.15) is 0 Å². The summed E-state index contributed by atoms with van der Waals surface area (Å²) in [5.74, 6) is -4.22. The Balaban J connectivity index is 3.19. The van der Waals surface area contributed by atoms with Crippen molar-refractivity contribution in [3.63, 3.8) is 0 Å². The molecule has 6 atom stereocenters. The van der Waals surface area contributed by atoms with Gasteiger partial charge in [0.05, 0.1) is 31.8 Å². The third-order valence-electron chi connectivity index (χ3n) is 8.16. The van der Waals surface area contributed by atoms with Crippen LogP contribution in [0.25, 0.3) is 0 Å². The minimum atomic E-state index is -1.32. The minimum Gasteiger partial charge on any atom is -0.481 e. The summed E-state index contributed by atoms with van der Waals surface area (Å²) in [5.41, 5.74) is 0.843. The second-order valence-corrected chi connectivity index (χ2v) is 13.4. The molecular weight excluding hydrogens is 646 g/mol. The van der Waals surface area contributed by atoms with Gasteiger partial charge in [0.1, 0.15) is 18.1 Å². The maximum atomic E-state index is 13.8. The van der Waals surface area contributed by atoms with Crippen LogP contribution in [0.2, 0.25) is 0 Å². The van der Waals surface area contributed by atoms with E-state index in [9.17, 15) is 33.9 Å². The average molecular weight is 706 g/mol. The van der Waals surface area contributed by atoms with Crippen molar-refractivity contribution in [3.8, 4) is 0 Å². The molecule has 0 aliphatic rings. The van der Waals surface area contributed by atoms with Gasteiger partial charge in [0.2, 0.25) is 29.5 Å². The predicted molar refractivity (Wildman–Crippen MR) is 188 cm³/mol. The Kier molecular flexibility index (Phi) is 20.6. The Morgan fingerprint density at radius 2 is 1.42 bits per heavy atom. The molecule has 1 aromatic carbocycles. The van der Waals surface area contributed by atoms with Crippen molar-refractivity contribution in [3.05, 3.63) is 35.9 Å². The number of hydrogen-bond acceptors (Lipinski definition) is 8. The van der Waals surface area contributed by atoms with Crippen LogP contribution in [0.5, 0.6) is 0 Å². The second-order valence-electron chi connectivity index (χ2n) is 13.4. The van der Waals surface area contributed by atoms with Gasteiger partial charge in [-0.25, -0.2) is 0 Å². The largest absolute Gasteiger partial charge is 0.481 e. The predicted octanol–water partition coefficient (Wildman–Crippen LogP) is 2.03. The fourth-order valence-electron chi connectivity index (χ4n) is 5.15. The number of aliphatic hydroxyl groups excluding tert-OH is 1. The highest BCUT2D eigenvalue weighted by Gasteiger charge is 2.33. The Bertz CT molecular complexity index is 1230. The van der Waals surface area contributed by atoms with Gasteiger partial charge in [-0.15, -0.1) is 0 Å². The number of ether oxygens (including phenoxy) is 1. The molecule has 282 valence electrons. The normalized spacial score (nSPS) is 14.8. The summed E-state index contributed by atoms with van der Waals surface area (Å²) < 4.78 is 5.84. The van der Waals surface area contributed by atoms with E-state index in [2.05, 4.69) is 26.6 Å². The SMILES string of the molecule is CCNC(=O)[C@@H](NC(=O)C[C@H](O)[C@H](CC(C)C)NC(=O)[C@H](COCc1ccccc1)NC(=O)[C@@H](NC(=O)CCCC(=O)O)[C@@H](C)CC)C(C)C. The molecule has 0 fully saturated rings. The molecule has 14 nitrogen and oxygen atoms in total. The number of aliphatic carboxylic acids is 1. The maximum Gasteiger partial charge on any atom is 0.303 e. The molecule has 0 heterocycles. The fraction of sp³-hybridized carbons (Fsp3) is 0.667. The van der Waals surface area contributed by atoms with Gasteiger partial charge in [-0.3, -0.25) is 28.8 Å². The van der Waals surface area contributed by atoms with Crippen LogP contribution in [0.3, 0.4) is 0 Å². The first-order chi connectivity index (χ1) is 23.6. The third kappa shape index (κ3) is 17.1. The van der Waals surface area contributed by atoms with E-state index < -0.39 is 59.9 Å². The van der Waals surface area contributed by atoms with Crippen molar-refractivity contribution in [1.29, 1.82) is 0 Å². The number of amides is 5. The number of carboxylic acid groups (broad SMARTS) is 1. The monoisotopic (exact) mass is 705 g/mol. The number of likely N-dealkylation sites (N-methyl/N-ethyl adjacent to an activating group) is 1. The van der Waals surface area contributed by atoms with Crippen LogP contribution in [0.15, 0.2) is 30.3 Å². The third-order valence-corrected chi connectivity index (χ3v) is 8.16. The van der Waals surface area contributed by atoms with Crippen LogP contribution in [-0.4, -0.2) is 89.1 Å². The van der Waals surface area contributed by atoms with E-state index in [0.717, 1.165) is 5.56 Å². The topological polar surface area (TPSA) is 212 Å². The highest BCUT2D eigenvalue weighted by Crippen LogP contribution is 2.14. The number of rotatable bonds is 24. The Hall–Kier alpha value is -4.04. The van der Waals surface area contributed by atoms with Crippen molar-refractivity contribution in [2.45, 2.75) is 124 Å². The Labute approximate surface area is 296 Å². The molecular formula is C36H59N5O9. The van der Waals surface area contributed by atoms with Gasteiger partial charge in [0, 0.05) is 19.4 Å². The van der Waals surface area contributed by atoms with Crippen molar-refractivity contribution in [2.24, 2.45) is 17.8 Å². The van der Waals surface area contributed by atoms with E-state index in [1.165, 1.54) is 0 Å². The molecule has 14 heteroatoms. The summed E-state index contributed by atoms with van der Waals surface area (Å²) in [6.45, 7) is 13.1. The summed E-state index contributed by atoms with van der Waals surface area (Å²) in [5, 5.41) is 33.7. The van der Waals surface area contributed by atoms with Crippen molar-refractivity contribution >= 4 is 35.5 Å². The van der Waals surface area contributed by atoms with E-state index in [1.807, 2.05) is 51.1 Å². The first-order valence-electron chi connectivity index (χ1n) is 17.6. The van der Waals surface area contributed by atoms with Crippen molar-refractivity contribution in [1.82, 2.24) is 26.6 Å². The molecule has 5 amide bonds. The molecule has 7 N–H and O–H groups in total. The maximum absolute atomic E-state index is 13.8. The van der Waals surface area contributed by atoms with Crippen LogP contribution in [0.1, 0.15) is 92.6 Å². The van der Waals surface area contributed by atoms with Gasteiger partial charge < -0.3 is 41.5 Å². The van der Waals surface area contributed by atoms with Gasteiger partial charge in [-0.05, 0) is 43.1 Å². The van der Waals surface area contributed by atoms with Crippen LogP contribution in [-0.2, 0) is 40.1 Å². The van der Waals surface area contributed by atoms with Crippen LogP contribution in [0.4, 0.5) is 0 Å². The number of nitrogens with one attached hydrogen (secondary N) is 5. The molecule has 0 saturated carbocycles. The number of aliphatic hydroxyl groups is 1. The standard InChI is InChI=1S/C36H59N5O9/c1-8-24(7)33(40-29(43)16-13-17-31(45)46)36(49)39-27(21-50-20-25-14-11-10-12-15-25)34(47)38-26(18-22(3)4)28(42)19-30(44)41-32(23(5)6)35(48)37-9-2/h10-12,14-15,22-24,26-28,32-33,42H,8-9,13,16-21H2,1-7H3,(H,37,48)(H,38,47)(H,39,49)(H,40,43)(H,41,44)(H,45,46)/t24-,26-,27-,28-,32-,33-/m0/s1. The highest BCUT2D eigenvalue weighted by molar-refractivity contribution is 5.92. The number of benzene rings is 1. The zero-order chi connectivity index (χ0) is 37.8. The summed E-state index contributed by atoms with van der Waals surface area (Å²) in [7, 11) is 0. The molecule has 0 radical (unpaired) electrons. The molecule has 50 heavy (non-hydrogen) atoms. The van der Waals surface area contributed by atoms with E-state index in [4.69, 9.17) is 9.84 Å². The number of carboxylic acids is 1. The first-order valence-corrected chi connectivity index (χ1v) is 17.6. The minimum absolute atomic E-state index is 0.00486. The summed E-state index contributed by atoms with van der Waals surface area (Å²) in [6, 6.07) is 5.30. The number of carbonyl (C=O) groups is 6. The zero-order valence-corrected chi connectivity index (χ0v) is 30.6. The van der Waals surface area contributed by atoms with E-state index in [0.29, 0.717) is 19.4 Å². The second kappa shape index (κ2) is 23.4. The van der Waals surface area contributed by atoms with E-state index >= 15 is 0 Å². The van der Waals surface area contributed by atoms with E-state index in [1.54, 1.807) is 27.7 Å². The lowest BCUT2D eigenvalue weighted by Gasteiger charge is -2.30. The summed E-state index contributed by atoms with van der Waals surface area (Å²) >= 11 is 0. The molecule has 0 aromatic heterocycles. The molecule has 1 rings (SSSR count). The Morgan fingerprint density at radius 1 is 0.780 bits per heavy atom. The average Bonchev–Trinajstić information content (AvgIpc) is 3.04. The van der Waals surface area contributed by atoms with Crippen molar-refractivity contribution < 1.29 is 43.7 Å². The molecule has 0 unspecified atom stereocenters. The smallest absolute Gasteiger partial charge is 0.303 e. The number of carbonyl (C=O) groups excluding carboxylic acids is 5. The van der Waals surface area contributed by atoms with Gasteiger partial charge in [-0.1, -0.05) is 78.3 Å². The van der Waals surface area contributed by atoms with Crippen LogP contribution in [0, 0.1) is 17.8 Å². The lowest BCUT2D eigenvalue weighted by atomic mass is 9.96. The first kappa shape index (κ1) is 44.0. The molecule has 0 saturated heterocycles. The summed E-state index contributed by atoms with van der Waals surface area (Å²) in [4.78, 5) is 76.4. The molecule has 0 aliphatic heterocycles. The van der Waals surface area contributed by atoms with Crippen LogP contribution >= 0.6 is 0 Å². The van der Waals surface area contributed by atoms with Crippen LogP contribution < -0.4 is 26.6 Å². The highest BCUT2D eigenvalue weighted by atomic mass is 16.5. The van der Waals surface area contributed by atoms with Gasteiger partial charge >= 0.3 is 5.97 Å².